The minimum absolute atomic E-state index is 0.000988. The summed E-state index contributed by atoms with van der Waals surface area (Å²) in [6, 6.07) is 1.23. The number of aromatic nitrogens is 2. The maximum atomic E-state index is 14.3. The van der Waals surface area contributed by atoms with Crippen LogP contribution in [0.2, 0.25) is 0 Å². The van der Waals surface area contributed by atoms with Gasteiger partial charge < -0.3 is 50.2 Å². The van der Waals surface area contributed by atoms with Crippen LogP contribution in [0.3, 0.4) is 0 Å². The number of hydrogen-bond donors (Lipinski definition) is 7. The number of cyclic esters (lactones) is 1. The van der Waals surface area contributed by atoms with Crippen molar-refractivity contribution in [3.05, 3.63) is 34.9 Å². The molecule has 0 aromatic carbocycles. The van der Waals surface area contributed by atoms with Crippen molar-refractivity contribution in [2.24, 2.45) is 17.8 Å². The molecular weight excluding hydrogens is 944 g/mol. The molecule has 2 fully saturated rings. The third kappa shape index (κ3) is 23.5. The van der Waals surface area contributed by atoms with Gasteiger partial charge >= 0.3 is 33.3 Å². The van der Waals surface area contributed by atoms with Gasteiger partial charge in [0.15, 0.2) is 6.10 Å². The van der Waals surface area contributed by atoms with E-state index in [1.807, 2.05) is 6.92 Å². The van der Waals surface area contributed by atoms with Crippen LogP contribution >= 0.6 is 15.6 Å². The van der Waals surface area contributed by atoms with E-state index < -0.39 is 120 Å². The maximum Gasteiger partial charge on any atom is 0.481 e. The van der Waals surface area contributed by atoms with E-state index in [1.165, 1.54) is 50.1 Å². The molecule has 0 saturated carbocycles. The van der Waals surface area contributed by atoms with Gasteiger partial charge in [-0.15, -0.1) is 0 Å². The summed E-state index contributed by atoms with van der Waals surface area (Å²) in [7, 11) is -11.3. The highest BCUT2D eigenvalue weighted by Gasteiger charge is 2.45. The predicted octanol–water partition coefficient (Wildman–Crippen LogP) is 6.11. The van der Waals surface area contributed by atoms with Crippen molar-refractivity contribution in [3.63, 3.8) is 0 Å². The van der Waals surface area contributed by atoms with E-state index in [9.17, 15) is 58.5 Å². The minimum atomic E-state index is -5.70. The quantitative estimate of drug-likeness (QED) is 0.0335. The molecule has 23 heteroatoms. The fourth-order valence-corrected chi connectivity index (χ4v) is 10.3. The van der Waals surface area contributed by atoms with Gasteiger partial charge in [0.05, 0.1) is 37.4 Å². The van der Waals surface area contributed by atoms with E-state index in [-0.39, 0.29) is 31.5 Å². The number of phosphoric acid groups is 2. The number of nitrogen functional groups attached to an aromatic ring is 1. The number of anilines is 1. The Morgan fingerprint density at radius 2 is 1.54 bits per heavy atom. The summed E-state index contributed by atoms with van der Waals surface area (Å²) < 4.78 is 58.8. The zero-order chi connectivity index (χ0) is 51.0. The minimum Gasteiger partial charge on any atom is -0.462 e. The van der Waals surface area contributed by atoms with E-state index in [4.69, 9.17) is 29.0 Å². The second-order valence-electron chi connectivity index (χ2n) is 18.6. The number of nitrogens with zero attached hydrogens (tertiary/aromatic N) is 2. The number of nitrogens with two attached hydrogens (primary N) is 1. The van der Waals surface area contributed by atoms with Gasteiger partial charge in [-0.3, -0.25) is 28.0 Å². The lowest BCUT2D eigenvalue weighted by atomic mass is 9.83. The molecular formula is C46H79N3O18P2. The molecule has 2 aliphatic heterocycles. The van der Waals surface area contributed by atoms with Gasteiger partial charge in [0, 0.05) is 31.4 Å². The smallest absolute Gasteiger partial charge is 0.462 e. The molecule has 69 heavy (non-hydrogen) atoms. The highest BCUT2D eigenvalue weighted by Crippen LogP contribution is 2.60. The van der Waals surface area contributed by atoms with Crippen LogP contribution in [0.15, 0.2) is 29.2 Å². The molecule has 396 valence electrons. The van der Waals surface area contributed by atoms with Gasteiger partial charge in [0.25, 0.3) is 0 Å². The van der Waals surface area contributed by atoms with Crippen LogP contribution in [-0.4, -0.2) is 114 Å². The summed E-state index contributed by atoms with van der Waals surface area (Å²) >= 11 is 0. The molecule has 2 aliphatic rings. The second kappa shape index (κ2) is 31.5. The lowest BCUT2D eigenvalue weighted by Crippen LogP contribution is -2.51. The van der Waals surface area contributed by atoms with E-state index in [1.54, 1.807) is 0 Å². The zero-order valence-corrected chi connectivity index (χ0v) is 42.3. The Bertz CT molecular complexity index is 1890. The molecule has 0 spiro atoms. The maximum absolute atomic E-state index is 14.3. The first-order valence-electron chi connectivity index (χ1n) is 24.7. The van der Waals surface area contributed by atoms with Crippen molar-refractivity contribution in [1.29, 1.82) is 0 Å². The average Bonchev–Trinajstić information content (AvgIpc) is 3.27. The monoisotopic (exact) mass is 1020 g/mol. The molecule has 3 rings (SSSR count). The Morgan fingerprint density at radius 3 is 2.20 bits per heavy atom. The number of aliphatic hydroxyl groups excluding tert-OH is 4. The second-order valence-corrected chi connectivity index (χ2v) is 21.6. The van der Waals surface area contributed by atoms with Gasteiger partial charge in [0.1, 0.15) is 36.6 Å². The molecule has 2 bridgehead atoms. The molecule has 11 atom stereocenters. The Hall–Kier alpha value is -2.91. The summed E-state index contributed by atoms with van der Waals surface area (Å²) in [6.45, 7) is 3.72. The first-order valence-corrected chi connectivity index (χ1v) is 27.7. The molecule has 21 nitrogen and oxygen atoms in total. The van der Waals surface area contributed by atoms with Crippen LogP contribution < -0.4 is 11.4 Å². The van der Waals surface area contributed by atoms with Gasteiger partial charge in [-0.25, -0.2) is 13.9 Å². The molecule has 8 N–H and O–H groups in total. The third-order valence-corrected chi connectivity index (χ3v) is 14.8. The molecule has 1 aromatic rings. The Kier molecular flexibility index (Phi) is 27.6. The first-order chi connectivity index (χ1) is 32.7. The topological polar surface area (TPSA) is 323 Å². The number of fused-ring (bicyclic) bond motifs is 3. The number of unbranched alkanes of at least 4 members (excludes halogenated alkanes) is 9. The number of rotatable bonds is 20. The lowest BCUT2D eigenvalue weighted by molar-refractivity contribution is -0.184. The number of aliphatic hydroxyl groups is 4. The largest absolute Gasteiger partial charge is 0.481 e. The van der Waals surface area contributed by atoms with Crippen LogP contribution in [0.5, 0.6) is 0 Å². The number of hydrogen-bond acceptors (Lipinski definition) is 18. The summed E-state index contributed by atoms with van der Waals surface area (Å²) in [4.78, 5) is 78.2. The number of carbonyl (C=O) groups excluding carboxylic acids is 3. The summed E-state index contributed by atoms with van der Waals surface area (Å²) in [5, 5.41) is 45.4. The number of ketones is 1. The lowest BCUT2D eigenvalue weighted by Gasteiger charge is -2.38. The number of phosphoric ester groups is 2. The molecule has 0 aliphatic carbocycles. The Labute approximate surface area is 405 Å². The number of esters is 2. The number of carbonyl (C=O) groups is 3. The highest BCUT2D eigenvalue weighted by atomic mass is 31.3. The highest BCUT2D eigenvalue weighted by molar-refractivity contribution is 7.61. The SMILES string of the molecule is CCCCC[C@H](O)/C=C\[C@@H]1[C@H](O)[C@H](O)[C@H]2COP(=O)(O)OP(=O)(O)OC[C@@H](COC(=O)CCCCCCCCCCC(C)C)OC(=O)CCCCCC[C@@H](C(=O)C[C@H]1O)[C@H](n1ccc(N)nc1=O)O2. The molecule has 0 radical (unpaired) electrons. The van der Waals surface area contributed by atoms with Gasteiger partial charge in [-0.05, 0) is 37.7 Å². The van der Waals surface area contributed by atoms with E-state index >= 15 is 0 Å². The van der Waals surface area contributed by atoms with Crippen LogP contribution in [-0.2, 0) is 51.1 Å². The van der Waals surface area contributed by atoms with Crippen molar-refractivity contribution in [2.45, 2.75) is 198 Å². The normalized spacial score (nSPS) is 30.2. The molecule has 2 saturated heterocycles. The van der Waals surface area contributed by atoms with Crippen LogP contribution in [0.4, 0.5) is 5.82 Å². The fraction of sp³-hybridized carbons (Fsp3) is 0.804. The van der Waals surface area contributed by atoms with Crippen molar-refractivity contribution < 1.29 is 81.3 Å². The third-order valence-electron chi connectivity index (χ3n) is 12.2. The average molecular weight is 1020 g/mol. The summed E-state index contributed by atoms with van der Waals surface area (Å²) in [6.07, 6.45) is 4.70. The van der Waals surface area contributed by atoms with Gasteiger partial charge in [0.2, 0.25) is 0 Å². The van der Waals surface area contributed by atoms with Crippen LogP contribution in [0.25, 0.3) is 0 Å². The van der Waals surface area contributed by atoms with E-state index in [2.05, 4.69) is 23.1 Å². The van der Waals surface area contributed by atoms with Crippen molar-refractivity contribution in [3.8, 4) is 0 Å². The molecule has 1 aromatic heterocycles. The zero-order valence-electron chi connectivity index (χ0n) is 40.5. The van der Waals surface area contributed by atoms with E-state index in [0.29, 0.717) is 44.4 Å². The first kappa shape index (κ1) is 60.4. The Balaban J connectivity index is 1.85. The van der Waals surface area contributed by atoms with Crippen molar-refractivity contribution in [2.75, 3.05) is 25.6 Å². The van der Waals surface area contributed by atoms with Crippen LogP contribution in [0.1, 0.15) is 162 Å². The molecule has 2 unspecified atom stereocenters. The van der Waals surface area contributed by atoms with Crippen molar-refractivity contribution in [1.82, 2.24) is 9.55 Å². The van der Waals surface area contributed by atoms with Gasteiger partial charge in [-0.1, -0.05) is 123 Å². The molecule has 0 amide bonds. The summed E-state index contributed by atoms with van der Waals surface area (Å²) in [5.41, 5.74) is 4.75. The molecule has 3 heterocycles. The van der Waals surface area contributed by atoms with Crippen molar-refractivity contribution >= 4 is 39.2 Å². The number of ether oxygens (including phenoxy) is 3. The van der Waals surface area contributed by atoms with E-state index in [0.717, 1.165) is 43.1 Å². The summed E-state index contributed by atoms with van der Waals surface area (Å²) in [5.74, 6) is -4.21. The number of Topliss-reactive ketones (excluding diaryl/α,β-unsaturated/α-hetero) is 1. The standard InChI is InChI=1S/C46H79N3O18P2/c1-4-5-14-20-33(50)24-25-35-37(51)28-38(52)36-21-16-12-13-18-23-42(54)65-34(29-62-41(53)22-17-11-9-7-6-8-10-15-19-32(2)3)30-63-68(58,59)67-69(60,61)64-31-39(44(56)43(35)55)66-45(36)49-27-26-40(47)48-46(49)57/h24-27,32-37,39,43-45,50-51,55-56H,4-23,28-31H2,1-3H3,(H,58,59)(H,60,61)(H2,47,48,57)/b25-24-/t33-,34+,35-,36-,37+,39+,43-,44+,45+/m0/s1. The predicted molar refractivity (Wildman–Crippen MR) is 253 cm³/mol. The van der Waals surface area contributed by atoms with Gasteiger partial charge in [-0.2, -0.15) is 9.29 Å². The fourth-order valence-electron chi connectivity index (χ4n) is 8.21. The van der Waals surface area contributed by atoms with Crippen LogP contribution in [0, 0.1) is 17.8 Å². The Morgan fingerprint density at radius 1 is 0.899 bits per heavy atom.